The minimum atomic E-state index is -1.59. The van der Waals surface area contributed by atoms with Crippen LogP contribution in [0, 0.1) is 21.3 Å². The minimum absolute atomic E-state index is 0.0386. The van der Waals surface area contributed by atoms with E-state index in [2.05, 4.69) is 5.32 Å². The van der Waals surface area contributed by atoms with Crippen molar-refractivity contribution >= 4 is 29.2 Å². The first-order chi connectivity index (χ1) is 15.8. The average molecular weight is 452 g/mol. The number of anilines is 1. The quantitative estimate of drug-likeness (QED) is 0.435. The Hall–Kier alpha value is -3.82. The van der Waals surface area contributed by atoms with Crippen molar-refractivity contribution in [2.24, 2.45) is 5.41 Å². The van der Waals surface area contributed by atoms with Crippen LogP contribution >= 0.6 is 0 Å². The Morgan fingerprint density at radius 2 is 1.88 bits per heavy atom. The number of piperidine rings is 1. The Kier molecular flexibility index (Phi) is 4.88. The largest absolute Gasteiger partial charge is 0.367 e. The molecule has 3 aliphatic heterocycles. The van der Waals surface area contributed by atoms with Gasteiger partial charge in [-0.3, -0.25) is 29.9 Å². The van der Waals surface area contributed by atoms with Crippen molar-refractivity contribution in [1.29, 1.82) is 0 Å². The van der Waals surface area contributed by atoms with Crippen molar-refractivity contribution in [1.82, 2.24) is 10.2 Å². The molecule has 4 amide bonds. The Morgan fingerprint density at radius 1 is 1.12 bits per heavy atom. The van der Waals surface area contributed by atoms with Crippen LogP contribution in [0.1, 0.15) is 30.4 Å². The predicted octanol–water partition coefficient (Wildman–Crippen LogP) is 2.91. The van der Waals surface area contributed by atoms with Gasteiger partial charge in [-0.05, 0) is 48.6 Å². The third-order valence-corrected chi connectivity index (χ3v) is 6.88. The molecule has 10 heteroatoms. The molecular weight excluding hydrogens is 431 g/mol. The van der Waals surface area contributed by atoms with Gasteiger partial charge in [0.1, 0.15) is 5.82 Å². The molecule has 0 bridgehead atoms. The van der Waals surface area contributed by atoms with E-state index in [1.165, 1.54) is 36.4 Å². The zero-order valence-electron chi connectivity index (χ0n) is 17.6. The number of imide groups is 2. The third-order valence-electron chi connectivity index (χ3n) is 6.88. The van der Waals surface area contributed by atoms with Crippen LogP contribution in [0.2, 0.25) is 0 Å². The van der Waals surface area contributed by atoms with Gasteiger partial charge < -0.3 is 4.90 Å². The van der Waals surface area contributed by atoms with Crippen LogP contribution in [-0.2, 0) is 22.6 Å². The lowest BCUT2D eigenvalue weighted by Crippen LogP contribution is -2.72. The summed E-state index contributed by atoms with van der Waals surface area (Å²) in [5, 5.41) is 13.7. The van der Waals surface area contributed by atoms with Crippen LogP contribution in [0.25, 0.3) is 0 Å². The van der Waals surface area contributed by atoms with Crippen molar-refractivity contribution < 1.29 is 23.7 Å². The molecule has 2 aromatic rings. The van der Waals surface area contributed by atoms with Crippen LogP contribution in [0.15, 0.2) is 42.5 Å². The maximum atomic E-state index is 13.9. The number of benzene rings is 2. The molecule has 3 aliphatic rings. The first-order valence-corrected chi connectivity index (χ1v) is 10.8. The molecule has 9 nitrogen and oxygen atoms in total. The van der Waals surface area contributed by atoms with E-state index in [1.54, 1.807) is 6.07 Å². The number of nitrogens with zero attached hydrogens (tertiary/aromatic N) is 3. The van der Waals surface area contributed by atoms with Crippen molar-refractivity contribution in [2.45, 2.75) is 38.3 Å². The van der Waals surface area contributed by atoms with E-state index in [1.807, 2.05) is 4.90 Å². The highest BCUT2D eigenvalue weighted by molar-refractivity contribution is 6.20. The molecule has 0 saturated carbocycles. The van der Waals surface area contributed by atoms with Crippen molar-refractivity contribution in [3.05, 3.63) is 69.5 Å². The van der Waals surface area contributed by atoms with Gasteiger partial charge in [0.25, 0.3) is 5.69 Å². The molecule has 1 spiro atoms. The van der Waals surface area contributed by atoms with E-state index in [9.17, 15) is 28.9 Å². The molecule has 0 radical (unpaired) electrons. The normalized spacial score (nSPS) is 24.4. The summed E-state index contributed by atoms with van der Waals surface area (Å²) in [6, 6.07) is 8.63. The summed E-state index contributed by atoms with van der Waals surface area (Å²) in [7, 11) is 0. The predicted molar refractivity (Wildman–Crippen MR) is 115 cm³/mol. The van der Waals surface area contributed by atoms with Gasteiger partial charge in [-0.1, -0.05) is 12.1 Å². The fourth-order valence-corrected chi connectivity index (χ4v) is 5.33. The first-order valence-electron chi connectivity index (χ1n) is 10.8. The summed E-state index contributed by atoms with van der Waals surface area (Å²) in [6.45, 7) is 0.484. The second-order valence-electron chi connectivity index (χ2n) is 8.70. The fourth-order valence-electron chi connectivity index (χ4n) is 5.33. The van der Waals surface area contributed by atoms with Gasteiger partial charge in [0.05, 0.1) is 17.5 Å². The van der Waals surface area contributed by atoms with E-state index in [4.69, 9.17) is 0 Å². The van der Waals surface area contributed by atoms with Crippen molar-refractivity contribution in [3.8, 4) is 0 Å². The molecular formula is C23H21FN4O5. The maximum absolute atomic E-state index is 13.9. The molecule has 0 aliphatic carbocycles. The highest BCUT2D eigenvalue weighted by Crippen LogP contribution is 2.48. The fraction of sp³-hybridized carbons (Fsp3) is 0.348. The van der Waals surface area contributed by atoms with Crippen LogP contribution in [0.3, 0.4) is 0 Å². The van der Waals surface area contributed by atoms with Crippen LogP contribution in [0.5, 0.6) is 0 Å². The molecule has 2 saturated heterocycles. The SMILES string of the molecule is O=C1NC(=O)C2(Cc3cc([N+](=O)[O-])ccc3N3CCCCC32)C(=O)N1Cc1ccc(F)cc1. The number of nitrogens with one attached hydrogen (secondary N) is 1. The molecule has 5 rings (SSSR count). The number of carbonyl (C=O) groups is 3. The lowest BCUT2D eigenvalue weighted by Gasteiger charge is -2.53. The zero-order valence-corrected chi connectivity index (χ0v) is 17.6. The zero-order chi connectivity index (χ0) is 23.3. The smallest absolute Gasteiger partial charge is 0.331 e. The second-order valence-corrected chi connectivity index (χ2v) is 8.70. The van der Waals surface area contributed by atoms with Gasteiger partial charge >= 0.3 is 6.03 Å². The van der Waals surface area contributed by atoms with Gasteiger partial charge in [0.2, 0.25) is 11.8 Å². The molecule has 2 aromatic carbocycles. The monoisotopic (exact) mass is 452 g/mol. The summed E-state index contributed by atoms with van der Waals surface area (Å²) in [4.78, 5) is 53.7. The average Bonchev–Trinajstić information content (AvgIpc) is 2.81. The first kappa shape index (κ1) is 21.0. The van der Waals surface area contributed by atoms with Gasteiger partial charge in [-0.2, -0.15) is 0 Å². The third kappa shape index (κ3) is 3.24. The highest BCUT2D eigenvalue weighted by Gasteiger charge is 2.62. The summed E-state index contributed by atoms with van der Waals surface area (Å²) in [5.74, 6) is -1.75. The summed E-state index contributed by atoms with van der Waals surface area (Å²) in [6.07, 6.45) is 2.21. The highest BCUT2D eigenvalue weighted by atomic mass is 19.1. The molecule has 0 aromatic heterocycles. The van der Waals surface area contributed by atoms with Crippen LogP contribution in [-0.4, -0.2) is 40.3 Å². The number of amides is 4. The van der Waals surface area contributed by atoms with Crippen molar-refractivity contribution in [3.63, 3.8) is 0 Å². The van der Waals surface area contributed by atoms with E-state index in [0.29, 0.717) is 24.1 Å². The molecule has 2 atom stereocenters. The minimum Gasteiger partial charge on any atom is -0.367 e. The summed E-state index contributed by atoms with van der Waals surface area (Å²) >= 11 is 0. The lowest BCUT2D eigenvalue weighted by atomic mass is 9.66. The number of carbonyl (C=O) groups excluding carboxylic acids is 3. The number of hydrogen-bond donors (Lipinski definition) is 1. The van der Waals surface area contributed by atoms with E-state index in [0.717, 1.165) is 23.4 Å². The number of nitro benzene ring substituents is 1. The Balaban J connectivity index is 1.59. The maximum Gasteiger partial charge on any atom is 0.331 e. The lowest BCUT2D eigenvalue weighted by molar-refractivity contribution is -0.384. The molecule has 2 fully saturated rings. The number of fused-ring (bicyclic) bond motifs is 4. The van der Waals surface area contributed by atoms with E-state index < -0.39 is 40.0 Å². The van der Waals surface area contributed by atoms with E-state index in [-0.39, 0.29) is 18.7 Å². The number of barbiturate groups is 1. The van der Waals surface area contributed by atoms with Gasteiger partial charge in [-0.15, -0.1) is 0 Å². The summed E-state index contributed by atoms with van der Waals surface area (Å²) in [5.41, 5.74) is 0.135. The molecule has 170 valence electrons. The van der Waals surface area contributed by atoms with Gasteiger partial charge in [0.15, 0.2) is 5.41 Å². The van der Waals surface area contributed by atoms with Crippen LogP contribution < -0.4 is 10.2 Å². The molecule has 33 heavy (non-hydrogen) atoms. The molecule has 1 N–H and O–H groups in total. The van der Waals surface area contributed by atoms with Crippen molar-refractivity contribution in [2.75, 3.05) is 11.4 Å². The number of non-ortho nitro benzene ring substituents is 1. The van der Waals surface area contributed by atoms with Gasteiger partial charge in [0, 0.05) is 30.8 Å². The molecule has 2 unspecified atom stereocenters. The van der Waals surface area contributed by atoms with E-state index >= 15 is 0 Å². The summed E-state index contributed by atoms with van der Waals surface area (Å²) < 4.78 is 13.3. The Bertz CT molecular complexity index is 1180. The second kappa shape index (κ2) is 7.65. The number of urea groups is 1. The number of halogens is 1. The number of rotatable bonds is 3. The Labute approximate surface area is 188 Å². The topological polar surface area (TPSA) is 113 Å². The number of hydrogen-bond acceptors (Lipinski definition) is 6. The van der Waals surface area contributed by atoms with Crippen LogP contribution in [0.4, 0.5) is 20.6 Å². The Morgan fingerprint density at radius 3 is 2.61 bits per heavy atom. The molecule has 3 heterocycles. The van der Waals surface area contributed by atoms with Gasteiger partial charge in [-0.25, -0.2) is 9.18 Å². The number of nitro groups is 1. The standard InChI is InChI=1S/C23H21FN4O5/c24-16-6-4-14(5-7-16)13-27-21(30)23(20(29)25-22(27)31)12-15-11-17(28(32)33)8-9-18(15)26-10-2-1-3-19(23)26/h4-9,11,19H,1-3,10,12-13H2,(H,25,29,31).